The summed E-state index contributed by atoms with van der Waals surface area (Å²) in [6, 6.07) is 0. The zero-order chi connectivity index (χ0) is 8.15. The molecule has 0 aromatic rings. The zero-order valence-electron chi connectivity index (χ0n) is 6.05. The van der Waals surface area contributed by atoms with E-state index in [2.05, 4.69) is 0 Å². The van der Waals surface area contributed by atoms with Crippen LogP contribution in [-0.2, 0) is 24.1 Å². The van der Waals surface area contributed by atoms with Crippen molar-refractivity contribution in [3.8, 4) is 0 Å². The Morgan fingerprint density at radius 3 is 2.10 bits per heavy atom. The summed E-state index contributed by atoms with van der Waals surface area (Å²) < 4.78 is 1.16. The number of ketones is 1. The van der Waals surface area contributed by atoms with Crippen molar-refractivity contribution in [2.45, 2.75) is 13.8 Å². The van der Waals surface area contributed by atoms with Crippen molar-refractivity contribution in [1.29, 1.82) is 0 Å². The Kier molecular flexibility index (Phi) is 4.38. The Bertz CT molecular complexity index is 201. The number of allylic oxidation sites excluding steroid dienone is 3. The summed E-state index contributed by atoms with van der Waals surface area (Å²) in [5.74, 6) is 0.0168. The second-order valence-corrected chi connectivity index (χ2v) is 4.25. The van der Waals surface area contributed by atoms with Crippen LogP contribution in [0.5, 0.6) is 0 Å². The van der Waals surface area contributed by atoms with Crippen LogP contribution < -0.4 is 0 Å². The maximum atomic E-state index is 10.7. The van der Waals surface area contributed by atoms with Gasteiger partial charge in [-0.15, -0.1) is 0 Å². The first-order valence-corrected chi connectivity index (χ1v) is 4.32. The normalized spacial score (nSPS) is 10.8. The van der Waals surface area contributed by atoms with Gasteiger partial charge in [0.1, 0.15) is 0 Å². The third kappa shape index (κ3) is 3.68. The number of rotatable bonds is 3. The first-order valence-electron chi connectivity index (χ1n) is 2.86. The molecule has 0 N–H and O–H groups in total. The van der Waals surface area contributed by atoms with Crippen molar-refractivity contribution in [1.82, 2.24) is 0 Å². The molecule has 1 nitrogen and oxygen atoms in total. The molecule has 0 aliphatic heterocycles. The van der Waals surface area contributed by atoms with Crippen LogP contribution in [0.4, 0.5) is 0 Å². The molecule has 0 rings (SSSR count). The monoisotopic (exact) mass is 305 g/mol. The second kappa shape index (κ2) is 4.51. The van der Waals surface area contributed by atoms with E-state index in [1.807, 2.05) is 6.92 Å². The van der Waals surface area contributed by atoms with Gasteiger partial charge in [-0.05, 0) is 0 Å². The van der Waals surface area contributed by atoms with E-state index >= 15 is 0 Å². The van der Waals surface area contributed by atoms with Gasteiger partial charge in [-0.2, -0.15) is 0 Å². The van der Waals surface area contributed by atoms with E-state index in [-0.39, 0.29) is 5.78 Å². The predicted molar refractivity (Wildman–Crippen MR) is 38.3 cm³/mol. The predicted octanol–water partition coefficient (Wildman–Crippen LogP) is 1.23. The van der Waals surface area contributed by atoms with Crippen molar-refractivity contribution in [2.24, 2.45) is 0 Å². The van der Waals surface area contributed by atoms with Crippen LogP contribution >= 0.6 is 0 Å². The van der Waals surface area contributed by atoms with Crippen LogP contribution in [0.3, 0.4) is 0 Å². The number of carbonyl (C=O) groups is 1. The van der Waals surface area contributed by atoms with Gasteiger partial charge in [-0.1, -0.05) is 0 Å². The van der Waals surface area contributed by atoms with E-state index in [4.69, 9.17) is 6.58 Å². The molecular weight excluding hydrogens is 296 g/mol. The summed E-state index contributed by atoms with van der Waals surface area (Å²) in [6.07, 6.45) is 3.15. The Labute approximate surface area is 72.2 Å². The van der Waals surface area contributed by atoms with Crippen molar-refractivity contribution < 1.29 is 24.1 Å². The first-order chi connectivity index (χ1) is 4.57. The van der Waals surface area contributed by atoms with Gasteiger partial charge in [0.25, 0.3) is 0 Å². The molecule has 0 fully saturated rings. The van der Waals surface area contributed by atoms with Crippen LogP contribution in [0.2, 0.25) is 0 Å². The first kappa shape index (κ1) is 9.71. The van der Waals surface area contributed by atoms with Crippen molar-refractivity contribution in [2.75, 3.05) is 0 Å². The number of hydrogen-bond donors (Lipinski definition) is 0. The van der Waals surface area contributed by atoms with Crippen LogP contribution in [0.25, 0.3) is 0 Å². The van der Waals surface area contributed by atoms with Crippen molar-refractivity contribution in [3.63, 3.8) is 0 Å². The van der Waals surface area contributed by atoms with Crippen LogP contribution in [0, 0.1) is 6.58 Å². The molecule has 0 unspecified atom stereocenters. The summed E-state index contributed by atoms with van der Waals surface area (Å²) in [6.45, 7) is 8.67. The van der Waals surface area contributed by atoms with Gasteiger partial charge in [0, 0.05) is 0 Å². The van der Waals surface area contributed by atoms with Crippen molar-refractivity contribution in [3.05, 3.63) is 24.3 Å². The number of Topliss-reactive ketones (excluding diaryl/α,β-unsaturated/α-hetero) is 1. The summed E-state index contributed by atoms with van der Waals surface area (Å²) in [5, 5.41) is 0. The SMILES string of the molecule is [CH-]=CC(=C[C](C)=[W])C(C)=O. The minimum absolute atomic E-state index is 0.0168. The second-order valence-electron chi connectivity index (χ2n) is 1.93. The summed E-state index contributed by atoms with van der Waals surface area (Å²) in [7, 11) is 0. The van der Waals surface area contributed by atoms with Gasteiger partial charge in [0.05, 0.1) is 0 Å². The molecular formula is C8H9OW-. The number of hydrogen-bond acceptors (Lipinski definition) is 1. The Hall–Kier alpha value is -0.292. The minimum atomic E-state index is 0.0168. The molecule has 0 saturated carbocycles. The molecule has 0 saturated heterocycles. The van der Waals surface area contributed by atoms with E-state index in [0.717, 1.165) is 3.90 Å². The van der Waals surface area contributed by atoms with Gasteiger partial charge in [0.2, 0.25) is 0 Å². The summed E-state index contributed by atoms with van der Waals surface area (Å²) in [5.41, 5.74) is 0.590. The van der Waals surface area contributed by atoms with E-state index in [1.165, 1.54) is 32.4 Å². The fourth-order valence-electron chi connectivity index (χ4n) is 0.486. The summed E-state index contributed by atoms with van der Waals surface area (Å²) >= 11 is 1.36. The molecule has 0 atom stereocenters. The third-order valence-corrected chi connectivity index (χ3v) is 1.37. The quantitative estimate of drug-likeness (QED) is 0.435. The molecule has 0 radical (unpaired) electrons. The van der Waals surface area contributed by atoms with Crippen LogP contribution in [0.1, 0.15) is 13.8 Å². The Balaban J connectivity index is 4.49. The van der Waals surface area contributed by atoms with Gasteiger partial charge in [-0.3, -0.25) is 0 Å². The molecule has 0 spiro atoms. The molecule has 0 aliphatic rings. The third-order valence-electron chi connectivity index (χ3n) is 0.945. The zero-order valence-corrected chi connectivity index (χ0v) is 8.98. The molecule has 0 aromatic carbocycles. The Morgan fingerprint density at radius 1 is 1.50 bits per heavy atom. The fourth-order valence-corrected chi connectivity index (χ4v) is 0.942. The molecule has 2 heteroatoms. The fraction of sp³-hybridized carbons (Fsp3) is 0.250. The average Bonchev–Trinajstić information content (AvgIpc) is 1.81. The van der Waals surface area contributed by atoms with Gasteiger partial charge < -0.3 is 0 Å². The Morgan fingerprint density at radius 2 is 2.00 bits per heavy atom. The maximum absolute atomic E-state index is 10.7. The topological polar surface area (TPSA) is 17.1 Å². The molecule has 0 amide bonds. The van der Waals surface area contributed by atoms with Crippen LogP contribution in [0.15, 0.2) is 17.7 Å². The summed E-state index contributed by atoms with van der Waals surface area (Å²) in [4.78, 5) is 10.7. The van der Waals surface area contributed by atoms with E-state index < -0.39 is 0 Å². The van der Waals surface area contributed by atoms with E-state index in [9.17, 15) is 4.79 Å². The van der Waals surface area contributed by atoms with E-state index in [1.54, 1.807) is 6.08 Å². The molecule has 0 aromatic heterocycles. The molecule has 10 heavy (non-hydrogen) atoms. The average molecular weight is 305 g/mol. The van der Waals surface area contributed by atoms with Gasteiger partial charge >= 0.3 is 72.0 Å². The van der Waals surface area contributed by atoms with Crippen LogP contribution in [-0.4, -0.2) is 9.68 Å². The number of carbonyl (C=O) groups excluding carboxylic acids is 1. The molecule has 0 heterocycles. The van der Waals surface area contributed by atoms with E-state index in [0.29, 0.717) is 5.57 Å². The molecule has 0 aliphatic carbocycles. The standard InChI is InChI=1S/C8H9O.W/c1-4-6-8(5-2)7(3)9;/h2,5-6H,1,3H3;/q-1;. The molecule has 0 bridgehead atoms. The molecule has 54 valence electrons. The van der Waals surface area contributed by atoms with Gasteiger partial charge in [-0.25, -0.2) is 0 Å². The van der Waals surface area contributed by atoms with Gasteiger partial charge in [0.15, 0.2) is 0 Å². The van der Waals surface area contributed by atoms with Crippen molar-refractivity contribution >= 4 is 9.68 Å².